The fraction of sp³-hybridized carbons (Fsp3) is 0.387. The summed E-state index contributed by atoms with van der Waals surface area (Å²) < 4.78 is 22.2. The van der Waals surface area contributed by atoms with E-state index in [1.807, 2.05) is 32.0 Å². The Bertz CT molecular complexity index is 1690. The number of aliphatic hydroxyl groups is 1. The number of hydrogen-bond acceptors (Lipinski definition) is 6. The van der Waals surface area contributed by atoms with Gasteiger partial charge in [0.05, 0.1) is 36.3 Å². The number of aryl methyl sites for hydroxylation is 1. The zero-order chi connectivity index (χ0) is 29.6. The van der Waals surface area contributed by atoms with E-state index in [1.165, 1.54) is 35.2 Å². The molecule has 0 spiro atoms. The predicted molar refractivity (Wildman–Crippen MR) is 158 cm³/mol. The number of piperidine rings is 1. The van der Waals surface area contributed by atoms with E-state index in [0.29, 0.717) is 41.4 Å². The van der Waals surface area contributed by atoms with Crippen molar-refractivity contribution in [1.29, 1.82) is 0 Å². The molecule has 4 heterocycles. The number of rotatable bonds is 5. The molecule has 6 rings (SSSR count). The van der Waals surface area contributed by atoms with Crippen molar-refractivity contribution in [1.82, 2.24) is 24.3 Å². The molecule has 2 N–H and O–H groups in total. The van der Waals surface area contributed by atoms with Crippen LogP contribution in [0.15, 0.2) is 59.7 Å². The molecule has 0 radical (unpaired) electrons. The van der Waals surface area contributed by atoms with Crippen LogP contribution in [0.1, 0.15) is 47.3 Å². The number of nitrogens with one attached hydrogen (secondary N) is 1. The van der Waals surface area contributed by atoms with Gasteiger partial charge in [0, 0.05) is 30.9 Å². The van der Waals surface area contributed by atoms with Crippen LogP contribution in [-0.2, 0) is 11.3 Å². The minimum atomic E-state index is -1.19. The highest BCUT2D eigenvalue weighted by Crippen LogP contribution is 2.29. The predicted octanol–water partition coefficient (Wildman–Crippen LogP) is 4.00. The van der Waals surface area contributed by atoms with Crippen molar-refractivity contribution in [3.8, 4) is 5.69 Å². The maximum absolute atomic E-state index is 13.5. The molecule has 0 aliphatic carbocycles. The number of likely N-dealkylation sites (tertiary alicyclic amines) is 1. The van der Waals surface area contributed by atoms with Crippen molar-refractivity contribution in [3.05, 3.63) is 92.9 Å². The van der Waals surface area contributed by atoms with Crippen LogP contribution in [0.4, 0.5) is 4.39 Å². The maximum Gasteiger partial charge on any atom is 0.262 e. The Kier molecular flexibility index (Phi) is 7.65. The second-order valence-electron chi connectivity index (χ2n) is 11.4. The number of carbonyl (C=O) groups is 1. The van der Waals surface area contributed by atoms with Gasteiger partial charge < -0.3 is 20.1 Å². The average Bonchev–Trinajstić information content (AvgIpc) is 3.32. The van der Waals surface area contributed by atoms with E-state index < -0.39 is 11.4 Å². The van der Waals surface area contributed by atoms with Crippen LogP contribution in [-0.4, -0.2) is 68.0 Å². The molecule has 9 nitrogen and oxygen atoms in total. The molecule has 0 bridgehead atoms. The zero-order valence-corrected chi connectivity index (χ0v) is 24.3. The number of nitrogens with zero attached hydrogens (tertiary/aromatic N) is 4. The molecule has 1 unspecified atom stereocenters. The Morgan fingerprint density at radius 2 is 1.93 bits per heavy atom. The fourth-order valence-corrected chi connectivity index (χ4v) is 6.18. The molecule has 2 aliphatic rings. The number of ether oxygens (including phenoxy) is 1. The van der Waals surface area contributed by atoms with Crippen LogP contribution in [0.2, 0.25) is 5.15 Å². The molecule has 2 fully saturated rings. The number of amides is 1. The molecular formula is C31H33ClFN5O4. The highest BCUT2D eigenvalue weighted by Gasteiger charge is 2.35. The average molecular weight is 594 g/mol. The highest BCUT2D eigenvalue weighted by atomic mass is 35.5. The van der Waals surface area contributed by atoms with Crippen LogP contribution in [0, 0.1) is 12.7 Å². The lowest BCUT2D eigenvalue weighted by Gasteiger charge is -2.38. The number of fused-ring (bicyclic) bond motifs is 1. The van der Waals surface area contributed by atoms with Crippen LogP contribution in [0.25, 0.3) is 16.7 Å². The summed E-state index contributed by atoms with van der Waals surface area (Å²) in [7, 11) is 0. The van der Waals surface area contributed by atoms with Crippen LogP contribution < -0.4 is 10.9 Å². The molecule has 220 valence electrons. The molecule has 1 amide bonds. The smallest absolute Gasteiger partial charge is 0.262 e. The quantitative estimate of drug-likeness (QED) is 0.363. The van der Waals surface area contributed by atoms with E-state index in [-0.39, 0.29) is 43.0 Å². The molecule has 2 aliphatic heterocycles. The van der Waals surface area contributed by atoms with Gasteiger partial charge in [-0.25, -0.2) is 9.37 Å². The van der Waals surface area contributed by atoms with Crippen molar-refractivity contribution < 1.29 is 19.0 Å². The monoisotopic (exact) mass is 593 g/mol. The van der Waals surface area contributed by atoms with Gasteiger partial charge >= 0.3 is 0 Å². The Morgan fingerprint density at radius 3 is 2.60 bits per heavy atom. The zero-order valence-electron chi connectivity index (χ0n) is 23.5. The van der Waals surface area contributed by atoms with Gasteiger partial charge in [-0.3, -0.25) is 18.7 Å². The van der Waals surface area contributed by atoms with Gasteiger partial charge in [0.2, 0.25) is 0 Å². The Balaban J connectivity index is 1.19. The van der Waals surface area contributed by atoms with E-state index in [9.17, 15) is 19.1 Å². The Labute approximate surface area is 247 Å². The SMILES string of the molecule is Cc1cc(-n2c(Cl)cc3c(=O)n(CC4(O)CCN(C(=O)c5ccc(F)cc5)CC4)cnc32)ccc1C1CO[C@H](C)CN1. The molecule has 11 heteroatoms. The lowest BCUT2D eigenvalue weighted by Crippen LogP contribution is -2.49. The van der Waals surface area contributed by atoms with Crippen LogP contribution >= 0.6 is 11.6 Å². The maximum atomic E-state index is 13.5. The van der Waals surface area contributed by atoms with Crippen molar-refractivity contribution in [2.45, 2.75) is 51.0 Å². The standard InChI is InChI=1S/C31H33ClFN5O4/c1-19-13-23(7-8-24(19)26-16-42-20(2)15-34-26)38-27(32)14-25-28(38)35-18-37(30(25)40)17-31(41)9-11-36(12-10-31)29(39)21-3-5-22(33)6-4-21/h3-8,13-14,18,20,26,34,41H,9-12,15-17H2,1-2H3/t20-,26?/m1/s1. The first-order valence-electron chi connectivity index (χ1n) is 14.1. The van der Waals surface area contributed by atoms with E-state index in [0.717, 1.165) is 23.4 Å². The first kappa shape index (κ1) is 28.5. The summed E-state index contributed by atoms with van der Waals surface area (Å²) in [5.41, 5.74) is 2.36. The Morgan fingerprint density at radius 1 is 1.19 bits per heavy atom. The third-order valence-electron chi connectivity index (χ3n) is 8.36. The summed E-state index contributed by atoms with van der Waals surface area (Å²) >= 11 is 6.64. The van der Waals surface area contributed by atoms with Gasteiger partial charge in [0.25, 0.3) is 11.5 Å². The van der Waals surface area contributed by atoms with E-state index in [2.05, 4.69) is 10.3 Å². The van der Waals surface area contributed by atoms with Crippen LogP contribution in [0.3, 0.4) is 0 Å². The summed E-state index contributed by atoms with van der Waals surface area (Å²) in [5, 5.41) is 15.6. The molecule has 2 saturated heterocycles. The number of carbonyl (C=O) groups excluding carboxylic acids is 1. The highest BCUT2D eigenvalue weighted by molar-refractivity contribution is 6.31. The molecule has 4 aromatic rings. The molecule has 2 aromatic carbocycles. The van der Waals surface area contributed by atoms with Gasteiger partial charge in [-0.2, -0.15) is 0 Å². The third kappa shape index (κ3) is 5.47. The van der Waals surface area contributed by atoms with Gasteiger partial charge in [-0.05, 0) is 80.3 Å². The first-order valence-corrected chi connectivity index (χ1v) is 14.5. The lowest BCUT2D eigenvalue weighted by molar-refractivity contribution is -0.0299. The number of halogens is 2. The largest absolute Gasteiger partial charge is 0.388 e. The van der Waals surface area contributed by atoms with Gasteiger partial charge in [0.15, 0.2) is 5.65 Å². The summed E-state index contributed by atoms with van der Waals surface area (Å²) in [6.07, 6.45) is 2.21. The second kappa shape index (κ2) is 11.3. The minimum Gasteiger partial charge on any atom is -0.388 e. The third-order valence-corrected chi connectivity index (χ3v) is 8.64. The van der Waals surface area contributed by atoms with E-state index >= 15 is 0 Å². The molecule has 2 aromatic heterocycles. The van der Waals surface area contributed by atoms with Crippen molar-refractivity contribution in [3.63, 3.8) is 0 Å². The first-order chi connectivity index (χ1) is 20.1. The number of morpholine rings is 1. The fourth-order valence-electron chi connectivity index (χ4n) is 5.90. The normalized spacial score (nSPS) is 20.6. The van der Waals surface area contributed by atoms with Crippen molar-refractivity contribution >= 4 is 28.5 Å². The van der Waals surface area contributed by atoms with E-state index in [1.54, 1.807) is 15.5 Å². The molecular weight excluding hydrogens is 561 g/mol. The molecule has 42 heavy (non-hydrogen) atoms. The summed E-state index contributed by atoms with van der Waals surface area (Å²) in [6, 6.07) is 13.2. The topological polar surface area (TPSA) is 102 Å². The number of aromatic nitrogens is 3. The van der Waals surface area contributed by atoms with Gasteiger partial charge in [-0.1, -0.05) is 17.7 Å². The lowest BCUT2D eigenvalue weighted by atomic mass is 9.91. The van der Waals surface area contributed by atoms with Gasteiger partial charge in [-0.15, -0.1) is 0 Å². The number of benzene rings is 2. The minimum absolute atomic E-state index is 0.0407. The van der Waals surface area contributed by atoms with Crippen molar-refractivity contribution in [2.75, 3.05) is 26.2 Å². The molecule has 2 atom stereocenters. The Hall–Kier alpha value is -3.57. The molecule has 0 saturated carbocycles. The summed E-state index contributed by atoms with van der Waals surface area (Å²) in [4.78, 5) is 32.5. The van der Waals surface area contributed by atoms with E-state index in [4.69, 9.17) is 16.3 Å². The van der Waals surface area contributed by atoms with Gasteiger partial charge in [0.1, 0.15) is 17.3 Å². The second-order valence-corrected chi connectivity index (χ2v) is 11.8. The van der Waals surface area contributed by atoms with Crippen molar-refractivity contribution in [2.24, 2.45) is 0 Å². The summed E-state index contributed by atoms with van der Waals surface area (Å²) in [6.45, 7) is 6.15. The summed E-state index contributed by atoms with van der Waals surface area (Å²) in [5.74, 6) is -0.618. The number of hydrogen-bond donors (Lipinski definition) is 2. The van der Waals surface area contributed by atoms with Crippen LogP contribution in [0.5, 0.6) is 0 Å².